The highest BCUT2D eigenvalue weighted by Crippen LogP contribution is 2.17. The molecular formula is C21H19N5O4. The Morgan fingerprint density at radius 3 is 2.30 bits per heavy atom. The quantitative estimate of drug-likeness (QED) is 0.375. The summed E-state index contributed by atoms with van der Waals surface area (Å²) in [4.78, 5) is 40.8. The molecule has 0 saturated carbocycles. The molecule has 30 heavy (non-hydrogen) atoms. The van der Waals surface area contributed by atoms with Crippen molar-refractivity contribution in [3.8, 4) is 5.69 Å². The molecule has 0 N–H and O–H groups in total. The van der Waals surface area contributed by atoms with Gasteiger partial charge in [0.1, 0.15) is 0 Å². The maximum atomic E-state index is 13.0. The lowest BCUT2D eigenvalue weighted by Crippen LogP contribution is -2.39. The molecule has 0 aliphatic carbocycles. The first-order valence-corrected chi connectivity index (χ1v) is 9.41. The number of aromatic nitrogens is 4. The van der Waals surface area contributed by atoms with E-state index in [2.05, 4.69) is 4.98 Å². The van der Waals surface area contributed by atoms with Gasteiger partial charge >= 0.3 is 5.69 Å². The van der Waals surface area contributed by atoms with E-state index in [4.69, 9.17) is 0 Å². The van der Waals surface area contributed by atoms with Gasteiger partial charge in [0.25, 0.3) is 11.2 Å². The van der Waals surface area contributed by atoms with E-state index in [1.54, 1.807) is 23.6 Å². The third-order valence-corrected chi connectivity index (χ3v) is 5.01. The van der Waals surface area contributed by atoms with Gasteiger partial charge in [-0.2, -0.15) is 0 Å². The zero-order chi connectivity index (χ0) is 21.4. The second-order valence-corrected chi connectivity index (χ2v) is 6.97. The highest BCUT2D eigenvalue weighted by atomic mass is 16.6. The third kappa shape index (κ3) is 3.20. The average molecular weight is 405 g/mol. The van der Waals surface area contributed by atoms with Gasteiger partial charge in [0.15, 0.2) is 11.2 Å². The lowest BCUT2D eigenvalue weighted by atomic mass is 10.2. The van der Waals surface area contributed by atoms with Crippen LogP contribution in [0.5, 0.6) is 0 Å². The summed E-state index contributed by atoms with van der Waals surface area (Å²) in [5, 5.41) is 10.9. The van der Waals surface area contributed by atoms with E-state index in [0.717, 1.165) is 11.1 Å². The van der Waals surface area contributed by atoms with Gasteiger partial charge in [-0.05, 0) is 31.5 Å². The van der Waals surface area contributed by atoms with E-state index in [1.165, 1.54) is 27.6 Å². The molecule has 0 saturated heterocycles. The van der Waals surface area contributed by atoms with Crippen LogP contribution in [-0.4, -0.2) is 23.6 Å². The fourth-order valence-electron chi connectivity index (χ4n) is 3.42. The molecule has 2 aromatic carbocycles. The number of nitrogens with zero attached hydrogens (tertiary/aromatic N) is 5. The van der Waals surface area contributed by atoms with Crippen molar-refractivity contribution in [2.75, 3.05) is 0 Å². The molecule has 4 aromatic rings. The second kappa shape index (κ2) is 7.43. The molecule has 0 aliphatic rings. The summed E-state index contributed by atoms with van der Waals surface area (Å²) in [7, 11) is 0. The average Bonchev–Trinajstić information content (AvgIpc) is 3.13. The number of fused-ring (bicyclic) bond motifs is 1. The number of nitro groups is 1. The van der Waals surface area contributed by atoms with E-state index >= 15 is 0 Å². The van der Waals surface area contributed by atoms with Gasteiger partial charge in [-0.15, -0.1) is 0 Å². The number of imidazole rings is 1. The van der Waals surface area contributed by atoms with Crippen LogP contribution < -0.4 is 11.2 Å². The summed E-state index contributed by atoms with van der Waals surface area (Å²) in [5.41, 5.74) is 2.16. The molecule has 4 rings (SSSR count). The zero-order valence-electron chi connectivity index (χ0n) is 16.5. The first-order chi connectivity index (χ1) is 14.4. The van der Waals surface area contributed by atoms with Crippen LogP contribution in [0.3, 0.4) is 0 Å². The highest BCUT2D eigenvalue weighted by Gasteiger charge is 2.18. The molecule has 0 amide bonds. The van der Waals surface area contributed by atoms with Crippen molar-refractivity contribution in [1.29, 1.82) is 0 Å². The van der Waals surface area contributed by atoms with Crippen LogP contribution in [-0.2, 0) is 13.1 Å². The molecule has 0 spiro atoms. The Bertz CT molecular complexity index is 1360. The summed E-state index contributed by atoms with van der Waals surface area (Å²) < 4.78 is 4.28. The molecule has 0 aliphatic heterocycles. The number of rotatable bonds is 5. The molecule has 0 unspecified atom stereocenters. The predicted molar refractivity (Wildman–Crippen MR) is 112 cm³/mol. The Kier molecular flexibility index (Phi) is 4.78. The molecule has 0 fully saturated rings. The van der Waals surface area contributed by atoms with E-state index in [0.29, 0.717) is 17.7 Å². The van der Waals surface area contributed by atoms with Crippen LogP contribution >= 0.6 is 0 Å². The normalized spacial score (nSPS) is 11.1. The summed E-state index contributed by atoms with van der Waals surface area (Å²) in [6.45, 7) is 4.21. The van der Waals surface area contributed by atoms with Gasteiger partial charge in [-0.25, -0.2) is 14.3 Å². The minimum atomic E-state index is -0.462. The largest absolute Gasteiger partial charge is 0.337 e. The van der Waals surface area contributed by atoms with Crippen LogP contribution in [0.2, 0.25) is 0 Å². The highest BCUT2D eigenvalue weighted by molar-refractivity contribution is 5.72. The fourth-order valence-corrected chi connectivity index (χ4v) is 3.42. The van der Waals surface area contributed by atoms with Crippen molar-refractivity contribution in [3.05, 3.63) is 96.9 Å². The first-order valence-electron chi connectivity index (χ1n) is 9.41. The monoisotopic (exact) mass is 405 g/mol. The van der Waals surface area contributed by atoms with Crippen LogP contribution in [0.1, 0.15) is 18.1 Å². The number of benzene rings is 2. The molecular weight excluding hydrogens is 386 g/mol. The summed E-state index contributed by atoms with van der Waals surface area (Å²) in [6, 6.07) is 13.5. The Labute approximate surface area is 170 Å². The number of non-ortho nitro benzene ring substituents is 1. The molecule has 152 valence electrons. The Morgan fingerprint density at radius 1 is 1.03 bits per heavy atom. The first kappa shape index (κ1) is 19.3. The number of nitro benzene ring substituents is 1. The Balaban J connectivity index is 1.90. The van der Waals surface area contributed by atoms with Gasteiger partial charge < -0.3 is 4.57 Å². The van der Waals surface area contributed by atoms with Gasteiger partial charge in [0.05, 0.1) is 16.9 Å². The van der Waals surface area contributed by atoms with E-state index in [1.807, 2.05) is 31.2 Å². The lowest BCUT2D eigenvalue weighted by molar-refractivity contribution is -0.384. The third-order valence-electron chi connectivity index (χ3n) is 5.01. The van der Waals surface area contributed by atoms with Gasteiger partial charge in [0.2, 0.25) is 0 Å². The molecule has 0 radical (unpaired) electrons. The van der Waals surface area contributed by atoms with Crippen LogP contribution in [0.15, 0.2) is 64.4 Å². The standard InChI is InChI=1S/C21H19N5O4/c1-3-24-20(27)18-19(25(21(24)28)16-8-4-14(2)5-9-16)22-13-23(18)12-15-6-10-17(11-7-15)26(29)30/h4-11,13H,3,12H2,1-2H3. The second-order valence-electron chi connectivity index (χ2n) is 6.97. The molecule has 2 heterocycles. The van der Waals surface area contributed by atoms with Gasteiger partial charge in [-0.1, -0.05) is 29.8 Å². The number of hydrogen-bond acceptors (Lipinski definition) is 5. The molecule has 0 bridgehead atoms. The molecule has 9 heteroatoms. The van der Waals surface area contributed by atoms with Crippen molar-refractivity contribution >= 4 is 16.9 Å². The fraction of sp³-hybridized carbons (Fsp3) is 0.190. The van der Waals surface area contributed by atoms with Crippen LogP contribution in [0.4, 0.5) is 5.69 Å². The van der Waals surface area contributed by atoms with Gasteiger partial charge in [-0.3, -0.25) is 19.5 Å². The number of aryl methyl sites for hydroxylation is 1. The summed E-state index contributed by atoms with van der Waals surface area (Å²) in [5.74, 6) is 0. The molecule has 0 atom stereocenters. The summed E-state index contributed by atoms with van der Waals surface area (Å²) >= 11 is 0. The SMILES string of the molecule is CCn1c(=O)c2c(ncn2Cc2ccc([N+](=O)[O-])cc2)n(-c2ccc(C)cc2)c1=O. The molecule has 9 nitrogen and oxygen atoms in total. The smallest absolute Gasteiger partial charge is 0.320 e. The predicted octanol–water partition coefficient (Wildman–Crippen LogP) is 2.63. The maximum absolute atomic E-state index is 13.0. The van der Waals surface area contributed by atoms with E-state index < -0.39 is 16.2 Å². The lowest BCUT2D eigenvalue weighted by Gasteiger charge is -2.12. The Hall–Kier alpha value is -4.01. The molecule has 2 aromatic heterocycles. The van der Waals surface area contributed by atoms with Crippen molar-refractivity contribution in [2.45, 2.75) is 26.9 Å². The Morgan fingerprint density at radius 2 is 1.70 bits per heavy atom. The van der Waals surface area contributed by atoms with Crippen LogP contribution in [0, 0.1) is 17.0 Å². The zero-order valence-corrected chi connectivity index (χ0v) is 16.5. The minimum Gasteiger partial charge on any atom is -0.320 e. The van der Waals surface area contributed by atoms with Crippen molar-refractivity contribution in [2.24, 2.45) is 0 Å². The van der Waals surface area contributed by atoms with E-state index in [-0.39, 0.29) is 17.9 Å². The van der Waals surface area contributed by atoms with Crippen molar-refractivity contribution < 1.29 is 4.92 Å². The topological polar surface area (TPSA) is 105 Å². The van der Waals surface area contributed by atoms with Gasteiger partial charge in [0, 0.05) is 25.2 Å². The number of hydrogen-bond donors (Lipinski definition) is 0. The van der Waals surface area contributed by atoms with Crippen molar-refractivity contribution in [1.82, 2.24) is 18.7 Å². The van der Waals surface area contributed by atoms with Crippen LogP contribution in [0.25, 0.3) is 16.9 Å². The summed E-state index contributed by atoms with van der Waals surface area (Å²) in [6.07, 6.45) is 1.51. The van der Waals surface area contributed by atoms with E-state index in [9.17, 15) is 19.7 Å². The minimum absolute atomic E-state index is 0.00390. The van der Waals surface area contributed by atoms with Crippen molar-refractivity contribution in [3.63, 3.8) is 0 Å². The maximum Gasteiger partial charge on any atom is 0.337 e.